The quantitative estimate of drug-likeness (QED) is 0.882. The number of nitrogens with one attached hydrogen (secondary N) is 1. The highest BCUT2D eigenvalue weighted by Gasteiger charge is 2.57. The summed E-state index contributed by atoms with van der Waals surface area (Å²) in [6.07, 6.45) is 0.307. The van der Waals surface area contributed by atoms with Crippen molar-refractivity contribution in [1.29, 1.82) is 0 Å². The number of hydrogen-bond acceptors (Lipinski definition) is 2. The van der Waals surface area contributed by atoms with Crippen LogP contribution in [-0.4, -0.2) is 29.7 Å². The first-order valence-electron chi connectivity index (χ1n) is 6.80. The summed E-state index contributed by atoms with van der Waals surface area (Å²) >= 11 is 0. The molecule has 2 N–H and O–H groups in total. The number of benzene rings is 1. The smallest absolute Gasteiger partial charge is 0.273 e. The molecule has 3 rings (SSSR count). The van der Waals surface area contributed by atoms with Gasteiger partial charge in [-0.3, -0.25) is 0 Å². The minimum Gasteiger partial charge on any atom is -0.384 e. The molecule has 0 spiro atoms. The summed E-state index contributed by atoms with van der Waals surface area (Å²) in [6.45, 7) is 2.84. The summed E-state index contributed by atoms with van der Waals surface area (Å²) < 4.78 is 26.4. The van der Waals surface area contributed by atoms with Crippen LogP contribution in [0.4, 0.5) is 8.78 Å². The standard InChI is InChI=1S/C15H19F2NO/c1-14(16,17)15(19)6-12(7-15)10-2-4-11(5-3-10)13-8-18-9-13/h2-5,12-13,18-19H,6-9H2,1H3. The van der Waals surface area contributed by atoms with E-state index in [0.717, 1.165) is 25.6 Å². The molecule has 2 nitrogen and oxygen atoms in total. The van der Waals surface area contributed by atoms with Gasteiger partial charge in [0.05, 0.1) is 0 Å². The summed E-state index contributed by atoms with van der Waals surface area (Å²) in [6, 6.07) is 8.21. The molecule has 0 amide bonds. The van der Waals surface area contributed by atoms with E-state index in [2.05, 4.69) is 17.4 Å². The van der Waals surface area contributed by atoms with Crippen LogP contribution in [0.2, 0.25) is 0 Å². The Balaban J connectivity index is 1.65. The molecule has 2 fully saturated rings. The Bertz CT molecular complexity index is 456. The molecule has 0 aromatic heterocycles. The van der Waals surface area contributed by atoms with Crippen LogP contribution in [0.15, 0.2) is 24.3 Å². The Morgan fingerprint density at radius 3 is 1.95 bits per heavy atom. The zero-order valence-corrected chi connectivity index (χ0v) is 11.0. The summed E-state index contributed by atoms with van der Waals surface area (Å²) in [5.41, 5.74) is 0.552. The van der Waals surface area contributed by atoms with Crippen molar-refractivity contribution in [1.82, 2.24) is 5.32 Å². The van der Waals surface area contributed by atoms with E-state index in [4.69, 9.17) is 0 Å². The number of alkyl halides is 2. The average molecular weight is 267 g/mol. The molecule has 0 bridgehead atoms. The van der Waals surface area contributed by atoms with E-state index in [0.29, 0.717) is 5.92 Å². The highest BCUT2D eigenvalue weighted by molar-refractivity contribution is 5.32. The Hall–Kier alpha value is -1.00. The molecule has 0 atom stereocenters. The molecule has 0 radical (unpaired) electrons. The minimum absolute atomic E-state index is 0.0596. The topological polar surface area (TPSA) is 32.3 Å². The van der Waals surface area contributed by atoms with Gasteiger partial charge in [-0.2, -0.15) is 0 Å². The highest BCUT2D eigenvalue weighted by Crippen LogP contribution is 2.52. The van der Waals surface area contributed by atoms with Crippen LogP contribution >= 0.6 is 0 Å². The van der Waals surface area contributed by atoms with E-state index in [-0.39, 0.29) is 18.8 Å². The van der Waals surface area contributed by atoms with E-state index >= 15 is 0 Å². The summed E-state index contributed by atoms with van der Waals surface area (Å²) in [5.74, 6) is -2.36. The molecule has 1 heterocycles. The van der Waals surface area contributed by atoms with Crippen LogP contribution in [0.3, 0.4) is 0 Å². The van der Waals surface area contributed by atoms with E-state index < -0.39 is 11.5 Å². The zero-order chi connectivity index (χ0) is 13.7. The lowest BCUT2D eigenvalue weighted by Gasteiger charge is -2.47. The second kappa shape index (κ2) is 4.25. The molecule has 4 heteroatoms. The molecule has 1 aromatic rings. The fourth-order valence-corrected chi connectivity index (χ4v) is 2.91. The Kier molecular flexibility index (Phi) is 2.91. The summed E-state index contributed by atoms with van der Waals surface area (Å²) in [4.78, 5) is 0. The van der Waals surface area contributed by atoms with Gasteiger partial charge in [0.2, 0.25) is 0 Å². The predicted octanol–water partition coefficient (Wildman–Crippen LogP) is 2.64. The molecule has 1 aliphatic carbocycles. The van der Waals surface area contributed by atoms with Crippen molar-refractivity contribution < 1.29 is 13.9 Å². The highest BCUT2D eigenvalue weighted by atomic mass is 19.3. The van der Waals surface area contributed by atoms with Gasteiger partial charge in [0.15, 0.2) is 0 Å². The molecular weight excluding hydrogens is 248 g/mol. The van der Waals surface area contributed by atoms with Crippen molar-refractivity contribution in [2.24, 2.45) is 0 Å². The average Bonchev–Trinajstić information content (AvgIpc) is 2.22. The lowest BCUT2D eigenvalue weighted by Crippen LogP contribution is -2.54. The Labute approximate surface area is 111 Å². The Morgan fingerprint density at radius 2 is 1.58 bits per heavy atom. The molecule has 0 unspecified atom stereocenters. The third-order valence-electron chi connectivity index (χ3n) is 4.65. The van der Waals surface area contributed by atoms with Gasteiger partial charge >= 0.3 is 0 Å². The van der Waals surface area contributed by atoms with Gasteiger partial charge in [-0.15, -0.1) is 0 Å². The van der Waals surface area contributed by atoms with Crippen LogP contribution in [0.1, 0.15) is 42.7 Å². The normalized spacial score (nSPS) is 31.7. The van der Waals surface area contributed by atoms with E-state index in [1.54, 1.807) is 0 Å². The van der Waals surface area contributed by atoms with Gasteiger partial charge in [0, 0.05) is 25.9 Å². The third kappa shape index (κ3) is 2.17. The molecule has 19 heavy (non-hydrogen) atoms. The maximum atomic E-state index is 13.2. The summed E-state index contributed by atoms with van der Waals surface area (Å²) in [7, 11) is 0. The maximum absolute atomic E-state index is 13.2. The van der Waals surface area contributed by atoms with Crippen molar-refractivity contribution in [2.75, 3.05) is 13.1 Å². The first-order chi connectivity index (χ1) is 8.89. The van der Waals surface area contributed by atoms with Crippen LogP contribution in [0.25, 0.3) is 0 Å². The van der Waals surface area contributed by atoms with Gasteiger partial charge in [0.25, 0.3) is 5.92 Å². The SMILES string of the molecule is CC(F)(F)C1(O)CC(c2ccc(C3CNC3)cc2)C1. The van der Waals surface area contributed by atoms with Gasteiger partial charge in [-0.1, -0.05) is 24.3 Å². The van der Waals surface area contributed by atoms with Gasteiger partial charge in [0.1, 0.15) is 5.60 Å². The van der Waals surface area contributed by atoms with Crippen molar-refractivity contribution >= 4 is 0 Å². The number of aliphatic hydroxyl groups is 1. The lowest BCUT2D eigenvalue weighted by molar-refractivity contribution is -0.213. The Morgan fingerprint density at radius 1 is 1.11 bits per heavy atom. The molecule has 1 aliphatic heterocycles. The zero-order valence-electron chi connectivity index (χ0n) is 11.0. The number of rotatable bonds is 3. The first kappa shape index (κ1) is 13.0. The molecule has 104 valence electrons. The molecular formula is C15H19F2NO. The monoisotopic (exact) mass is 267 g/mol. The largest absolute Gasteiger partial charge is 0.384 e. The number of hydrogen-bond donors (Lipinski definition) is 2. The van der Waals surface area contributed by atoms with Crippen molar-refractivity contribution in [3.63, 3.8) is 0 Å². The van der Waals surface area contributed by atoms with Crippen LogP contribution < -0.4 is 5.32 Å². The predicted molar refractivity (Wildman–Crippen MR) is 69.6 cm³/mol. The molecule has 1 saturated heterocycles. The van der Waals surface area contributed by atoms with E-state index in [9.17, 15) is 13.9 Å². The fraction of sp³-hybridized carbons (Fsp3) is 0.600. The number of halogens is 2. The third-order valence-corrected chi connectivity index (χ3v) is 4.65. The van der Waals surface area contributed by atoms with Crippen LogP contribution in [0.5, 0.6) is 0 Å². The van der Waals surface area contributed by atoms with E-state index in [1.165, 1.54) is 5.56 Å². The van der Waals surface area contributed by atoms with Gasteiger partial charge in [-0.05, 0) is 29.9 Å². The van der Waals surface area contributed by atoms with Crippen molar-refractivity contribution in [2.45, 2.75) is 43.1 Å². The summed E-state index contributed by atoms with van der Waals surface area (Å²) in [5, 5.41) is 13.0. The van der Waals surface area contributed by atoms with Gasteiger partial charge in [-0.25, -0.2) is 8.78 Å². The lowest BCUT2D eigenvalue weighted by atomic mass is 9.65. The minimum atomic E-state index is -3.01. The molecule has 2 aliphatic rings. The van der Waals surface area contributed by atoms with Crippen LogP contribution in [-0.2, 0) is 0 Å². The fourth-order valence-electron chi connectivity index (χ4n) is 2.91. The van der Waals surface area contributed by atoms with Crippen molar-refractivity contribution in [3.8, 4) is 0 Å². The second-order valence-corrected chi connectivity index (χ2v) is 6.05. The van der Waals surface area contributed by atoms with E-state index in [1.807, 2.05) is 12.1 Å². The maximum Gasteiger partial charge on any atom is 0.273 e. The second-order valence-electron chi connectivity index (χ2n) is 6.05. The van der Waals surface area contributed by atoms with Gasteiger partial charge < -0.3 is 10.4 Å². The van der Waals surface area contributed by atoms with Crippen LogP contribution in [0, 0.1) is 0 Å². The first-order valence-corrected chi connectivity index (χ1v) is 6.80. The molecule has 1 saturated carbocycles. The molecule has 1 aromatic carbocycles. The van der Waals surface area contributed by atoms with Crippen molar-refractivity contribution in [3.05, 3.63) is 35.4 Å².